The highest BCUT2D eigenvalue weighted by Gasteiger charge is 2.18. The fraction of sp³-hybridized carbons (Fsp3) is 0.280. The molecule has 1 nitrogen and oxygen atoms in total. The highest BCUT2D eigenvalue weighted by Crippen LogP contribution is 2.31. The second kappa shape index (κ2) is 8.77. The molecule has 1 N–H and O–H groups in total. The third-order valence-corrected chi connectivity index (χ3v) is 7.96. The molecule has 3 rings (SSSR count). The number of phenolic OH excluding ortho intramolecular Hbond substituents is 1. The molecule has 3 aromatic rings. The molecule has 28 heavy (non-hydrogen) atoms. The number of aryl methyl sites for hydroxylation is 2. The van der Waals surface area contributed by atoms with Crippen molar-refractivity contribution >= 4 is 33.1 Å². The second-order valence-electron chi connectivity index (χ2n) is 8.39. The van der Waals surface area contributed by atoms with Gasteiger partial charge in [0, 0.05) is 5.30 Å². The summed E-state index contributed by atoms with van der Waals surface area (Å²) in [7, 11) is 1.23. The number of benzene rings is 3. The van der Waals surface area contributed by atoms with E-state index in [-0.39, 0.29) is 5.41 Å². The van der Waals surface area contributed by atoms with E-state index in [1.54, 1.807) is 0 Å². The molecule has 3 aromatic carbocycles. The summed E-state index contributed by atoms with van der Waals surface area (Å²) in [6.45, 7) is 10.9. The zero-order chi connectivity index (χ0) is 20.3. The molecular formula is C25H30OP2. The largest absolute Gasteiger partial charge is 0.507 e. The topological polar surface area (TPSA) is 20.2 Å². The Morgan fingerprint density at radius 1 is 0.857 bits per heavy atom. The monoisotopic (exact) mass is 408 g/mol. The van der Waals surface area contributed by atoms with Crippen LogP contribution < -0.4 is 15.9 Å². The smallest absolute Gasteiger partial charge is 0.126 e. The van der Waals surface area contributed by atoms with Gasteiger partial charge < -0.3 is 5.11 Å². The summed E-state index contributed by atoms with van der Waals surface area (Å²) in [6, 6.07) is 21.6. The van der Waals surface area contributed by atoms with Crippen LogP contribution in [0.4, 0.5) is 0 Å². The third-order valence-electron chi connectivity index (χ3n) is 5.04. The number of phenols is 1. The predicted octanol–water partition coefficient (Wildman–Crippen LogP) is 5.44. The molecule has 0 heterocycles. The van der Waals surface area contributed by atoms with E-state index in [1.807, 2.05) is 6.92 Å². The van der Waals surface area contributed by atoms with Gasteiger partial charge in [-0.2, -0.15) is 0 Å². The average molecular weight is 408 g/mol. The van der Waals surface area contributed by atoms with Crippen LogP contribution in [-0.4, -0.2) is 5.11 Å². The highest BCUT2D eigenvalue weighted by atomic mass is 31.1. The molecule has 0 saturated heterocycles. The fourth-order valence-corrected chi connectivity index (χ4v) is 5.97. The van der Waals surface area contributed by atoms with Gasteiger partial charge in [-0.1, -0.05) is 92.5 Å². The molecule has 0 aliphatic heterocycles. The normalized spacial score (nSPS) is 12.5. The summed E-state index contributed by atoms with van der Waals surface area (Å²) < 4.78 is 0. The molecule has 2 unspecified atom stereocenters. The molecule has 0 amide bonds. The maximum absolute atomic E-state index is 10.7. The molecule has 146 valence electrons. The third kappa shape index (κ3) is 5.02. The van der Waals surface area contributed by atoms with Gasteiger partial charge in [0.25, 0.3) is 0 Å². The van der Waals surface area contributed by atoms with Crippen LogP contribution in [0.15, 0.2) is 60.7 Å². The van der Waals surface area contributed by atoms with E-state index in [2.05, 4.69) is 88.4 Å². The molecule has 3 heteroatoms. The SMILES string of the molecule is Cc1cc(C(C)(C)C)cc(Pc2c(C)cccc2CPc2ccccc2)c1O. The van der Waals surface area contributed by atoms with Gasteiger partial charge in [-0.15, -0.1) is 0 Å². The standard InChI is InChI=1S/C25H30OP2/c1-17-10-9-11-19(16-27-21-12-7-6-8-13-21)24(17)28-22-15-20(25(3,4)5)14-18(2)23(22)26/h6-15,26-28H,16H2,1-5H3. The van der Waals surface area contributed by atoms with E-state index in [1.165, 1.54) is 27.3 Å². The van der Waals surface area contributed by atoms with Gasteiger partial charge in [0.05, 0.1) is 0 Å². The number of rotatable bonds is 5. The lowest BCUT2D eigenvalue weighted by Gasteiger charge is -2.22. The van der Waals surface area contributed by atoms with E-state index in [4.69, 9.17) is 0 Å². The first-order chi connectivity index (χ1) is 13.3. The Morgan fingerprint density at radius 2 is 1.57 bits per heavy atom. The summed E-state index contributed by atoms with van der Waals surface area (Å²) in [5.41, 5.74) is 5.04. The molecule has 0 saturated carbocycles. The first-order valence-electron chi connectivity index (χ1n) is 9.74. The second-order valence-corrected chi connectivity index (χ2v) is 11.0. The lowest BCUT2D eigenvalue weighted by atomic mass is 9.86. The van der Waals surface area contributed by atoms with E-state index < -0.39 is 0 Å². The molecule has 0 aliphatic carbocycles. The van der Waals surface area contributed by atoms with E-state index >= 15 is 0 Å². The predicted molar refractivity (Wildman–Crippen MR) is 128 cm³/mol. The van der Waals surface area contributed by atoms with Gasteiger partial charge in [-0.25, -0.2) is 0 Å². The van der Waals surface area contributed by atoms with Crippen molar-refractivity contribution < 1.29 is 5.11 Å². The van der Waals surface area contributed by atoms with Crippen molar-refractivity contribution in [3.63, 3.8) is 0 Å². The van der Waals surface area contributed by atoms with Crippen LogP contribution in [0, 0.1) is 13.8 Å². The fourth-order valence-electron chi connectivity index (χ4n) is 3.25. The van der Waals surface area contributed by atoms with Gasteiger partial charge in [-0.05, 0) is 64.4 Å². The first-order valence-corrected chi connectivity index (χ1v) is 11.9. The maximum Gasteiger partial charge on any atom is 0.126 e. The van der Waals surface area contributed by atoms with Crippen LogP contribution in [0.5, 0.6) is 5.75 Å². The minimum atomic E-state index is 0.0704. The first kappa shape index (κ1) is 21.0. The minimum absolute atomic E-state index is 0.0704. The van der Waals surface area contributed by atoms with Crippen molar-refractivity contribution in [2.75, 3.05) is 0 Å². The number of aromatic hydroxyl groups is 1. The minimum Gasteiger partial charge on any atom is -0.507 e. The zero-order valence-electron chi connectivity index (χ0n) is 17.4. The van der Waals surface area contributed by atoms with Crippen LogP contribution in [0.2, 0.25) is 0 Å². The molecule has 0 aliphatic rings. The van der Waals surface area contributed by atoms with Crippen molar-refractivity contribution in [1.29, 1.82) is 0 Å². The maximum atomic E-state index is 10.7. The Hall–Kier alpha value is -1.68. The Kier molecular flexibility index (Phi) is 6.59. The molecule has 2 atom stereocenters. The summed E-state index contributed by atoms with van der Waals surface area (Å²) in [5.74, 6) is 0.450. The molecular weight excluding hydrogens is 378 g/mol. The van der Waals surface area contributed by atoms with Crippen molar-refractivity contribution in [3.05, 3.63) is 82.9 Å². The lowest BCUT2D eigenvalue weighted by molar-refractivity contribution is 0.474. The summed E-state index contributed by atoms with van der Waals surface area (Å²) in [4.78, 5) is 0. The van der Waals surface area contributed by atoms with Crippen LogP contribution in [0.1, 0.15) is 43.0 Å². The van der Waals surface area contributed by atoms with Crippen molar-refractivity contribution in [1.82, 2.24) is 0 Å². The summed E-state index contributed by atoms with van der Waals surface area (Å²) >= 11 is 0. The van der Waals surface area contributed by atoms with Crippen LogP contribution in [-0.2, 0) is 11.6 Å². The molecule has 0 spiro atoms. The van der Waals surface area contributed by atoms with E-state index in [0.717, 1.165) is 25.6 Å². The van der Waals surface area contributed by atoms with Crippen molar-refractivity contribution in [3.8, 4) is 5.75 Å². The van der Waals surface area contributed by atoms with E-state index in [9.17, 15) is 5.11 Å². The van der Waals surface area contributed by atoms with Crippen LogP contribution in [0.3, 0.4) is 0 Å². The Balaban J connectivity index is 1.93. The van der Waals surface area contributed by atoms with Crippen molar-refractivity contribution in [2.24, 2.45) is 0 Å². The molecule has 0 radical (unpaired) electrons. The van der Waals surface area contributed by atoms with Gasteiger partial charge in [-0.3, -0.25) is 0 Å². The van der Waals surface area contributed by atoms with Gasteiger partial charge in [0.15, 0.2) is 0 Å². The van der Waals surface area contributed by atoms with Gasteiger partial charge >= 0.3 is 0 Å². The van der Waals surface area contributed by atoms with Crippen LogP contribution >= 0.6 is 17.2 Å². The van der Waals surface area contributed by atoms with Crippen LogP contribution in [0.25, 0.3) is 0 Å². The van der Waals surface area contributed by atoms with Crippen molar-refractivity contribution in [2.45, 2.75) is 46.2 Å². The Labute approximate surface area is 173 Å². The highest BCUT2D eigenvalue weighted by molar-refractivity contribution is 7.56. The quantitative estimate of drug-likeness (QED) is 0.558. The lowest BCUT2D eigenvalue weighted by Crippen LogP contribution is -2.17. The zero-order valence-corrected chi connectivity index (χ0v) is 19.4. The van der Waals surface area contributed by atoms with E-state index in [0.29, 0.717) is 14.3 Å². The average Bonchev–Trinajstić information content (AvgIpc) is 2.65. The molecule has 0 bridgehead atoms. The summed E-state index contributed by atoms with van der Waals surface area (Å²) in [6.07, 6.45) is 1.05. The Bertz CT molecular complexity index is 956. The number of hydrogen-bond donors (Lipinski definition) is 1. The van der Waals surface area contributed by atoms with Gasteiger partial charge in [0.2, 0.25) is 0 Å². The van der Waals surface area contributed by atoms with Gasteiger partial charge in [0.1, 0.15) is 5.75 Å². The number of hydrogen-bond acceptors (Lipinski definition) is 1. The molecule has 0 aromatic heterocycles. The summed E-state index contributed by atoms with van der Waals surface area (Å²) in [5, 5.41) is 14.6. The Morgan fingerprint density at radius 3 is 2.25 bits per heavy atom. The molecule has 0 fully saturated rings.